The number of aromatic nitrogens is 4. The van der Waals surface area contributed by atoms with E-state index >= 15 is 0 Å². The number of nitrogens with zero attached hydrogens (tertiary/aromatic N) is 3. The predicted molar refractivity (Wildman–Crippen MR) is 82.7 cm³/mol. The third kappa shape index (κ3) is 2.88. The summed E-state index contributed by atoms with van der Waals surface area (Å²) in [6, 6.07) is 1.71. The zero-order chi connectivity index (χ0) is 16.0. The minimum absolute atomic E-state index is 0.138. The van der Waals surface area contributed by atoms with Crippen molar-refractivity contribution in [2.24, 2.45) is 13.0 Å². The molecule has 23 heavy (non-hydrogen) atoms. The Hall–Kier alpha value is -2.15. The number of hydrogen-bond donors (Lipinski definition) is 3. The van der Waals surface area contributed by atoms with E-state index in [9.17, 15) is 9.90 Å². The molecule has 0 aliphatic heterocycles. The fraction of sp³-hybridized carbons (Fsp3) is 0.562. The monoisotopic (exact) mass is 315 g/mol. The number of aliphatic hydroxyl groups excluding tert-OH is 1. The van der Waals surface area contributed by atoms with E-state index in [0.29, 0.717) is 24.5 Å². The lowest BCUT2D eigenvalue weighted by Crippen LogP contribution is -2.41. The molecule has 0 spiro atoms. The Balaban J connectivity index is 1.50. The van der Waals surface area contributed by atoms with Crippen molar-refractivity contribution >= 4 is 5.91 Å². The van der Waals surface area contributed by atoms with Gasteiger partial charge in [0.25, 0.3) is 5.91 Å². The molecule has 1 unspecified atom stereocenters. The summed E-state index contributed by atoms with van der Waals surface area (Å²) in [5.74, 6) is 0.600. The van der Waals surface area contributed by atoms with E-state index < -0.39 is 0 Å². The Kier molecular flexibility index (Phi) is 3.45. The van der Waals surface area contributed by atoms with Crippen LogP contribution in [0.2, 0.25) is 0 Å². The molecular formula is C16H21N5O2. The highest BCUT2D eigenvalue weighted by Crippen LogP contribution is 2.40. The summed E-state index contributed by atoms with van der Waals surface area (Å²) in [5, 5.41) is 24.0. The number of hydrogen-bond acceptors (Lipinski definition) is 4. The molecule has 2 aliphatic carbocycles. The molecule has 2 fully saturated rings. The average Bonchev–Trinajstić information content (AvgIpc) is 3.06. The third-order valence-electron chi connectivity index (χ3n) is 4.84. The van der Waals surface area contributed by atoms with Crippen molar-refractivity contribution in [3.8, 4) is 0 Å². The van der Waals surface area contributed by atoms with Crippen molar-refractivity contribution in [1.82, 2.24) is 25.3 Å². The highest BCUT2D eigenvalue weighted by Gasteiger charge is 2.36. The fourth-order valence-electron chi connectivity index (χ4n) is 3.25. The number of rotatable bonds is 5. The molecule has 0 radical (unpaired) electrons. The summed E-state index contributed by atoms with van der Waals surface area (Å²) in [6.07, 6.45) is 7.17. The molecule has 4 rings (SSSR count). The minimum Gasteiger partial charge on any atom is -0.393 e. The zero-order valence-electron chi connectivity index (χ0n) is 13.1. The lowest BCUT2D eigenvalue weighted by molar-refractivity contribution is 0.0234. The maximum absolute atomic E-state index is 12.5. The second-order valence-corrected chi connectivity index (χ2v) is 6.77. The van der Waals surface area contributed by atoms with Crippen molar-refractivity contribution in [2.45, 2.75) is 43.7 Å². The van der Waals surface area contributed by atoms with E-state index in [1.54, 1.807) is 10.9 Å². The van der Waals surface area contributed by atoms with E-state index in [0.717, 1.165) is 11.3 Å². The van der Waals surface area contributed by atoms with Crippen LogP contribution in [0.5, 0.6) is 0 Å². The molecule has 2 heterocycles. The normalized spacial score (nSPS) is 25.0. The molecule has 2 saturated carbocycles. The van der Waals surface area contributed by atoms with Crippen LogP contribution in [0.4, 0.5) is 0 Å². The molecule has 122 valence electrons. The van der Waals surface area contributed by atoms with E-state index in [-0.39, 0.29) is 24.0 Å². The molecule has 0 bridgehead atoms. The summed E-state index contributed by atoms with van der Waals surface area (Å²) in [5.41, 5.74) is 2.45. The van der Waals surface area contributed by atoms with Crippen LogP contribution in [-0.4, -0.2) is 37.1 Å². The molecule has 1 atom stereocenters. The van der Waals surface area contributed by atoms with Crippen LogP contribution in [-0.2, 0) is 7.05 Å². The van der Waals surface area contributed by atoms with Gasteiger partial charge >= 0.3 is 0 Å². The predicted octanol–water partition coefficient (Wildman–Crippen LogP) is 1.26. The smallest absolute Gasteiger partial charge is 0.272 e. The molecule has 2 aromatic heterocycles. The van der Waals surface area contributed by atoms with Crippen molar-refractivity contribution in [3.05, 3.63) is 35.4 Å². The number of H-pyrrole nitrogens is 1. The van der Waals surface area contributed by atoms with Crippen LogP contribution >= 0.6 is 0 Å². The SMILES string of the molecule is Cn1cc(C(NC(=O)c2cc(C3CC3)[nH]n2)C2CC(O)C2)cn1. The number of carbonyl (C=O) groups excluding carboxylic acids is 1. The Labute approximate surface area is 134 Å². The number of aryl methyl sites for hydroxylation is 1. The first kappa shape index (κ1) is 14.4. The number of aliphatic hydroxyl groups is 1. The first-order valence-electron chi connectivity index (χ1n) is 8.13. The van der Waals surface area contributed by atoms with Crippen molar-refractivity contribution in [1.29, 1.82) is 0 Å². The van der Waals surface area contributed by atoms with E-state index in [1.165, 1.54) is 12.8 Å². The highest BCUT2D eigenvalue weighted by atomic mass is 16.3. The van der Waals surface area contributed by atoms with E-state index in [1.807, 2.05) is 19.3 Å². The Bertz CT molecular complexity index is 712. The summed E-state index contributed by atoms with van der Waals surface area (Å²) >= 11 is 0. The molecule has 2 aliphatic rings. The summed E-state index contributed by atoms with van der Waals surface area (Å²) in [4.78, 5) is 12.5. The van der Waals surface area contributed by atoms with Gasteiger partial charge in [-0.1, -0.05) is 0 Å². The summed E-state index contributed by atoms with van der Waals surface area (Å²) in [6.45, 7) is 0. The van der Waals surface area contributed by atoms with E-state index in [4.69, 9.17) is 0 Å². The molecule has 3 N–H and O–H groups in total. The van der Waals surface area contributed by atoms with Gasteiger partial charge in [0.2, 0.25) is 0 Å². The highest BCUT2D eigenvalue weighted by molar-refractivity contribution is 5.92. The third-order valence-corrected chi connectivity index (χ3v) is 4.84. The maximum Gasteiger partial charge on any atom is 0.272 e. The molecule has 0 saturated heterocycles. The minimum atomic E-state index is -0.261. The zero-order valence-corrected chi connectivity index (χ0v) is 13.1. The number of nitrogens with one attached hydrogen (secondary N) is 2. The summed E-state index contributed by atoms with van der Waals surface area (Å²) in [7, 11) is 1.85. The van der Waals surface area contributed by atoms with Crippen LogP contribution in [0.15, 0.2) is 18.5 Å². The standard InChI is InChI=1S/C16H21N5O2/c1-21-8-11(7-17-21)15(10-4-12(22)5-10)18-16(23)14-6-13(19-20-14)9-2-3-9/h6-10,12,15,22H,2-5H2,1H3,(H,18,23)(H,19,20). The molecule has 2 aromatic rings. The quantitative estimate of drug-likeness (QED) is 0.774. The number of carbonyl (C=O) groups is 1. The molecule has 0 aromatic carbocycles. The van der Waals surface area contributed by atoms with Gasteiger partial charge in [-0.2, -0.15) is 10.2 Å². The number of aromatic amines is 1. The average molecular weight is 315 g/mol. The largest absolute Gasteiger partial charge is 0.393 e. The van der Waals surface area contributed by atoms with Crippen LogP contribution in [0, 0.1) is 5.92 Å². The van der Waals surface area contributed by atoms with Crippen molar-refractivity contribution in [3.63, 3.8) is 0 Å². The maximum atomic E-state index is 12.5. The van der Waals surface area contributed by atoms with Gasteiger partial charge < -0.3 is 10.4 Å². The fourth-order valence-corrected chi connectivity index (χ4v) is 3.25. The molecular weight excluding hydrogens is 294 g/mol. The van der Waals surface area contributed by atoms with Gasteiger partial charge in [-0.3, -0.25) is 14.6 Å². The molecule has 1 amide bonds. The second-order valence-electron chi connectivity index (χ2n) is 6.77. The van der Waals surface area contributed by atoms with Crippen LogP contribution < -0.4 is 5.32 Å². The van der Waals surface area contributed by atoms with Crippen LogP contribution in [0.3, 0.4) is 0 Å². The van der Waals surface area contributed by atoms with Gasteiger partial charge in [0.15, 0.2) is 0 Å². The van der Waals surface area contributed by atoms with Gasteiger partial charge in [0.1, 0.15) is 5.69 Å². The lowest BCUT2D eigenvalue weighted by atomic mass is 9.75. The molecule has 7 nitrogen and oxygen atoms in total. The number of amides is 1. The Morgan fingerprint density at radius 2 is 2.26 bits per heavy atom. The van der Waals surface area contributed by atoms with Gasteiger partial charge in [-0.25, -0.2) is 0 Å². The van der Waals surface area contributed by atoms with Crippen molar-refractivity contribution in [2.75, 3.05) is 0 Å². The van der Waals surface area contributed by atoms with Crippen molar-refractivity contribution < 1.29 is 9.90 Å². The van der Waals surface area contributed by atoms with Crippen LogP contribution in [0.25, 0.3) is 0 Å². The second kappa shape index (κ2) is 5.49. The first-order chi connectivity index (χ1) is 11.1. The van der Waals surface area contributed by atoms with Gasteiger partial charge in [-0.15, -0.1) is 0 Å². The molecule has 7 heteroatoms. The van der Waals surface area contributed by atoms with Crippen LogP contribution in [0.1, 0.15) is 59.4 Å². The lowest BCUT2D eigenvalue weighted by Gasteiger charge is -2.37. The summed E-state index contributed by atoms with van der Waals surface area (Å²) < 4.78 is 1.73. The Morgan fingerprint density at radius 3 is 2.87 bits per heavy atom. The first-order valence-corrected chi connectivity index (χ1v) is 8.13. The van der Waals surface area contributed by atoms with Gasteiger partial charge in [0, 0.05) is 30.4 Å². The Morgan fingerprint density at radius 1 is 1.48 bits per heavy atom. The van der Waals surface area contributed by atoms with Gasteiger partial charge in [0.05, 0.1) is 18.3 Å². The van der Waals surface area contributed by atoms with Gasteiger partial charge in [-0.05, 0) is 37.7 Å². The van der Waals surface area contributed by atoms with E-state index in [2.05, 4.69) is 20.6 Å². The topological polar surface area (TPSA) is 95.8 Å².